The van der Waals surface area contributed by atoms with Crippen molar-refractivity contribution in [3.05, 3.63) is 0 Å². The van der Waals surface area contributed by atoms with Gasteiger partial charge in [-0.15, -0.1) is 0 Å². The lowest BCUT2D eigenvalue weighted by molar-refractivity contribution is -0.168. The van der Waals surface area contributed by atoms with Gasteiger partial charge in [-0.1, -0.05) is 6.92 Å². The van der Waals surface area contributed by atoms with Gasteiger partial charge in [0.1, 0.15) is 0 Å². The SMILES string of the molecule is CCCOC(CO)OCCOCC. The number of hydrogen-bond acceptors (Lipinski definition) is 4. The van der Waals surface area contributed by atoms with Crippen molar-refractivity contribution < 1.29 is 19.3 Å². The summed E-state index contributed by atoms with van der Waals surface area (Å²) >= 11 is 0. The molecular formula is C9H20O4. The summed E-state index contributed by atoms with van der Waals surface area (Å²) in [6.07, 6.45) is 0.422. The molecule has 80 valence electrons. The fraction of sp³-hybridized carbons (Fsp3) is 1.00. The van der Waals surface area contributed by atoms with E-state index in [0.29, 0.717) is 26.4 Å². The molecule has 0 saturated heterocycles. The van der Waals surface area contributed by atoms with Crippen LogP contribution in [-0.4, -0.2) is 44.4 Å². The van der Waals surface area contributed by atoms with E-state index in [1.807, 2.05) is 13.8 Å². The molecule has 4 heteroatoms. The lowest BCUT2D eigenvalue weighted by atomic mass is 10.5. The van der Waals surface area contributed by atoms with Crippen LogP contribution in [0.15, 0.2) is 0 Å². The Morgan fingerprint density at radius 2 is 1.77 bits per heavy atom. The molecule has 13 heavy (non-hydrogen) atoms. The van der Waals surface area contributed by atoms with Crippen LogP contribution in [0.3, 0.4) is 0 Å². The van der Waals surface area contributed by atoms with Crippen LogP contribution in [0.4, 0.5) is 0 Å². The summed E-state index contributed by atoms with van der Waals surface area (Å²) < 4.78 is 15.5. The minimum absolute atomic E-state index is 0.105. The van der Waals surface area contributed by atoms with Crippen molar-refractivity contribution in [2.75, 3.05) is 33.0 Å². The summed E-state index contributed by atoms with van der Waals surface area (Å²) in [5.74, 6) is 0. The number of hydrogen-bond donors (Lipinski definition) is 1. The first kappa shape index (κ1) is 12.8. The van der Waals surface area contributed by atoms with Gasteiger partial charge < -0.3 is 19.3 Å². The third-order valence-corrected chi connectivity index (χ3v) is 1.39. The van der Waals surface area contributed by atoms with Crippen molar-refractivity contribution in [2.24, 2.45) is 0 Å². The van der Waals surface area contributed by atoms with Crippen LogP contribution in [0.2, 0.25) is 0 Å². The Bertz CT molecular complexity index is 97.6. The Balaban J connectivity index is 3.25. The van der Waals surface area contributed by atoms with E-state index in [9.17, 15) is 0 Å². The van der Waals surface area contributed by atoms with Gasteiger partial charge in [-0.25, -0.2) is 0 Å². The van der Waals surface area contributed by atoms with Crippen LogP contribution in [0.25, 0.3) is 0 Å². The fourth-order valence-corrected chi connectivity index (χ4v) is 0.786. The van der Waals surface area contributed by atoms with Gasteiger partial charge in [0, 0.05) is 13.2 Å². The molecule has 4 nitrogen and oxygen atoms in total. The molecule has 0 heterocycles. The minimum Gasteiger partial charge on any atom is -0.391 e. The molecule has 0 radical (unpaired) electrons. The topological polar surface area (TPSA) is 47.9 Å². The molecule has 1 atom stereocenters. The van der Waals surface area contributed by atoms with Crippen molar-refractivity contribution in [3.8, 4) is 0 Å². The lowest BCUT2D eigenvalue weighted by Gasteiger charge is -2.15. The zero-order valence-electron chi connectivity index (χ0n) is 8.49. The normalized spacial score (nSPS) is 13.2. The van der Waals surface area contributed by atoms with Crippen LogP contribution >= 0.6 is 0 Å². The van der Waals surface area contributed by atoms with Gasteiger partial charge in [0.15, 0.2) is 6.29 Å². The second kappa shape index (κ2) is 9.92. The van der Waals surface area contributed by atoms with Gasteiger partial charge >= 0.3 is 0 Å². The molecule has 0 amide bonds. The zero-order chi connectivity index (χ0) is 9.94. The molecule has 1 unspecified atom stereocenters. The summed E-state index contributed by atoms with van der Waals surface area (Å²) in [7, 11) is 0. The molecule has 1 N–H and O–H groups in total. The van der Waals surface area contributed by atoms with Crippen LogP contribution < -0.4 is 0 Å². The molecule has 0 aliphatic heterocycles. The highest BCUT2D eigenvalue weighted by Crippen LogP contribution is 1.95. The van der Waals surface area contributed by atoms with Gasteiger partial charge in [-0.05, 0) is 13.3 Å². The molecule has 0 fully saturated rings. The monoisotopic (exact) mass is 192 g/mol. The molecule has 0 aromatic heterocycles. The number of rotatable bonds is 9. The van der Waals surface area contributed by atoms with E-state index in [1.54, 1.807) is 0 Å². The van der Waals surface area contributed by atoms with Crippen molar-refractivity contribution >= 4 is 0 Å². The lowest BCUT2D eigenvalue weighted by Crippen LogP contribution is -2.24. The molecule has 0 bridgehead atoms. The summed E-state index contributed by atoms with van der Waals surface area (Å²) in [5, 5.41) is 8.82. The Labute approximate surface area is 79.8 Å². The summed E-state index contributed by atoms with van der Waals surface area (Å²) in [5.41, 5.74) is 0. The quantitative estimate of drug-likeness (QED) is 0.433. The zero-order valence-corrected chi connectivity index (χ0v) is 8.49. The molecule has 0 spiro atoms. The van der Waals surface area contributed by atoms with E-state index in [2.05, 4.69) is 0 Å². The van der Waals surface area contributed by atoms with Crippen LogP contribution in [0.1, 0.15) is 20.3 Å². The maximum Gasteiger partial charge on any atom is 0.180 e. The van der Waals surface area contributed by atoms with Gasteiger partial charge in [0.2, 0.25) is 0 Å². The first-order chi connectivity index (χ1) is 6.35. The summed E-state index contributed by atoms with van der Waals surface area (Å²) in [6.45, 7) is 6.13. The van der Waals surface area contributed by atoms with E-state index in [4.69, 9.17) is 19.3 Å². The Morgan fingerprint density at radius 3 is 2.31 bits per heavy atom. The van der Waals surface area contributed by atoms with Crippen molar-refractivity contribution in [1.82, 2.24) is 0 Å². The standard InChI is InChI=1S/C9H20O4/c1-3-5-12-9(8-10)13-7-6-11-4-2/h9-10H,3-8H2,1-2H3. The average Bonchev–Trinajstić information content (AvgIpc) is 2.17. The summed E-state index contributed by atoms with van der Waals surface area (Å²) in [4.78, 5) is 0. The smallest absolute Gasteiger partial charge is 0.180 e. The highest BCUT2D eigenvalue weighted by atomic mass is 16.7. The van der Waals surface area contributed by atoms with Crippen LogP contribution in [-0.2, 0) is 14.2 Å². The van der Waals surface area contributed by atoms with Crippen LogP contribution in [0.5, 0.6) is 0 Å². The van der Waals surface area contributed by atoms with E-state index in [1.165, 1.54) is 0 Å². The Hall–Kier alpha value is -0.160. The Kier molecular flexibility index (Phi) is 9.80. The van der Waals surface area contributed by atoms with E-state index in [-0.39, 0.29) is 6.61 Å². The highest BCUT2D eigenvalue weighted by molar-refractivity contribution is 4.40. The van der Waals surface area contributed by atoms with Crippen molar-refractivity contribution in [3.63, 3.8) is 0 Å². The second-order valence-electron chi connectivity index (χ2n) is 2.55. The number of ether oxygens (including phenoxy) is 3. The van der Waals surface area contributed by atoms with Crippen molar-refractivity contribution in [2.45, 2.75) is 26.6 Å². The van der Waals surface area contributed by atoms with Crippen LogP contribution in [0, 0.1) is 0 Å². The Morgan fingerprint density at radius 1 is 1.08 bits per heavy atom. The molecule has 0 aliphatic rings. The third kappa shape index (κ3) is 8.18. The van der Waals surface area contributed by atoms with Gasteiger partial charge in [-0.3, -0.25) is 0 Å². The predicted molar refractivity (Wildman–Crippen MR) is 49.6 cm³/mol. The highest BCUT2D eigenvalue weighted by Gasteiger charge is 2.05. The van der Waals surface area contributed by atoms with Gasteiger partial charge in [-0.2, -0.15) is 0 Å². The molecule has 0 saturated carbocycles. The first-order valence-electron chi connectivity index (χ1n) is 4.76. The molecule has 0 aromatic carbocycles. The van der Waals surface area contributed by atoms with Gasteiger partial charge in [0.05, 0.1) is 19.8 Å². The maximum absolute atomic E-state index is 8.82. The van der Waals surface area contributed by atoms with E-state index >= 15 is 0 Å². The molecular weight excluding hydrogens is 172 g/mol. The predicted octanol–water partition coefficient (Wildman–Crippen LogP) is 0.784. The third-order valence-electron chi connectivity index (χ3n) is 1.39. The molecule has 0 aliphatic carbocycles. The van der Waals surface area contributed by atoms with Gasteiger partial charge in [0.25, 0.3) is 0 Å². The van der Waals surface area contributed by atoms with E-state index in [0.717, 1.165) is 6.42 Å². The molecule has 0 aromatic rings. The molecule has 0 rings (SSSR count). The largest absolute Gasteiger partial charge is 0.391 e. The first-order valence-corrected chi connectivity index (χ1v) is 4.76. The minimum atomic E-state index is -0.500. The van der Waals surface area contributed by atoms with Crippen molar-refractivity contribution in [1.29, 1.82) is 0 Å². The summed E-state index contributed by atoms with van der Waals surface area (Å²) in [6, 6.07) is 0. The number of aliphatic hydroxyl groups excluding tert-OH is 1. The maximum atomic E-state index is 8.82. The fourth-order valence-electron chi connectivity index (χ4n) is 0.786. The van der Waals surface area contributed by atoms with E-state index < -0.39 is 6.29 Å². The average molecular weight is 192 g/mol. The second-order valence-corrected chi connectivity index (χ2v) is 2.55. The number of aliphatic hydroxyl groups is 1.